The van der Waals surface area contributed by atoms with Crippen molar-refractivity contribution in [2.45, 2.75) is 0 Å². The fraction of sp³-hybridized carbons (Fsp3) is 0. The Balaban J connectivity index is 0.954. The fourth-order valence-corrected chi connectivity index (χ4v) is 25.5. The number of anilines is 6. The van der Waals surface area contributed by atoms with E-state index in [1.807, 2.05) is 0 Å². The molecule has 2 nitrogen and oxygen atoms in total. The van der Waals surface area contributed by atoms with Crippen molar-refractivity contribution >= 4 is 126 Å². The van der Waals surface area contributed by atoms with Crippen LogP contribution in [0.15, 0.2) is 309 Å². The van der Waals surface area contributed by atoms with Crippen molar-refractivity contribution in [3.63, 3.8) is 0 Å². The number of para-hydroxylation sites is 2. The molecule has 0 saturated heterocycles. The van der Waals surface area contributed by atoms with E-state index in [4.69, 9.17) is 0 Å². The Hall–Kier alpha value is -9.78. The van der Waals surface area contributed by atoms with Crippen LogP contribution in [0.5, 0.6) is 0 Å². The van der Waals surface area contributed by atoms with Gasteiger partial charge in [0.25, 0.3) is 6.71 Å². The first-order valence-corrected chi connectivity index (χ1v) is 32.4. The number of hydrogen-bond donors (Lipinski definition) is 0. The van der Waals surface area contributed by atoms with Crippen molar-refractivity contribution in [3.8, 4) is 33.4 Å². The molecule has 0 spiro atoms. The molecule has 0 bridgehead atoms. The van der Waals surface area contributed by atoms with Gasteiger partial charge < -0.3 is 9.80 Å². The molecule has 0 aromatic heterocycles. The van der Waals surface area contributed by atoms with Gasteiger partial charge in [0, 0.05) is 34.1 Å². The van der Waals surface area contributed by atoms with E-state index < -0.39 is 16.1 Å². The summed E-state index contributed by atoms with van der Waals surface area (Å²) in [7, 11) is -5.68. The van der Waals surface area contributed by atoms with Gasteiger partial charge in [-0.25, -0.2) is 0 Å². The molecule has 0 amide bonds. The van der Waals surface area contributed by atoms with Crippen LogP contribution in [0.3, 0.4) is 0 Å². The normalized spacial score (nSPS) is 14.3. The molecule has 0 N–H and O–H groups in total. The molecule has 0 radical (unpaired) electrons. The maximum atomic E-state index is 2.63. The Morgan fingerprint density at radius 3 is 1.10 bits per heavy atom. The topological polar surface area (TPSA) is 6.48 Å². The third kappa shape index (κ3) is 6.50. The quantitative estimate of drug-likeness (QED) is 0.147. The van der Waals surface area contributed by atoms with Gasteiger partial charge in [0.15, 0.2) is 16.1 Å². The summed E-state index contributed by atoms with van der Waals surface area (Å²) in [6.45, 7) is -0.0258. The molecule has 4 aliphatic rings. The Bertz CT molecular complexity index is 4350. The highest BCUT2D eigenvalue weighted by Crippen LogP contribution is 2.47. The Morgan fingerprint density at radius 1 is 0.247 bits per heavy atom. The average Bonchev–Trinajstić information content (AvgIpc) is 3.45. The minimum Gasteiger partial charge on any atom is -0.311 e. The molecule has 0 saturated carbocycles. The lowest BCUT2D eigenvalue weighted by Crippen LogP contribution is -2.72. The van der Waals surface area contributed by atoms with E-state index in [2.05, 4.69) is 319 Å². The summed E-state index contributed by atoms with van der Waals surface area (Å²) in [5, 5.41) is 13.8. The lowest BCUT2D eigenvalue weighted by molar-refractivity contribution is 1.26. The van der Waals surface area contributed by atoms with E-state index in [9.17, 15) is 0 Å². The first-order chi connectivity index (χ1) is 40.2. The highest BCUT2D eigenvalue weighted by Gasteiger charge is 2.51. The second-order valence-corrected chi connectivity index (χ2v) is 29.7. The zero-order chi connectivity index (χ0) is 53.2. The zero-order valence-electron chi connectivity index (χ0n) is 44.4. The van der Waals surface area contributed by atoms with Crippen LogP contribution in [0.2, 0.25) is 0 Å². The van der Waals surface area contributed by atoms with Crippen LogP contribution in [-0.2, 0) is 0 Å². The van der Waals surface area contributed by atoms with Gasteiger partial charge in [-0.05, 0) is 157 Å². The maximum absolute atomic E-state index is 2.84. The van der Waals surface area contributed by atoms with Crippen molar-refractivity contribution in [3.05, 3.63) is 309 Å². The number of fused-ring (bicyclic) bond motifs is 11. The Labute approximate surface area is 475 Å². The lowest BCUT2D eigenvalue weighted by Gasteiger charge is -2.44. The second kappa shape index (κ2) is 17.9. The number of benzene rings is 13. The third-order valence-electron chi connectivity index (χ3n) is 18.4. The molecule has 0 fully saturated rings. The summed E-state index contributed by atoms with van der Waals surface area (Å²) < 4.78 is 0. The summed E-state index contributed by atoms with van der Waals surface area (Å²) in [5.41, 5.74) is 18.8. The molecule has 13 aromatic rings. The molecule has 81 heavy (non-hydrogen) atoms. The van der Waals surface area contributed by atoms with Crippen molar-refractivity contribution in [2.24, 2.45) is 0 Å². The molecule has 5 heteroatoms. The zero-order valence-corrected chi connectivity index (χ0v) is 46.4. The van der Waals surface area contributed by atoms with E-state index in [0.717, 1.165) is 11.4 Å². The monoisotopic (exact) mass is 1060 g/mol. The smallest absolute Gasteiger partial charge is 0.252 e. The fourth-order valence-electron chi connectivity index (χ4n) is 15.1. The molecule has 4 aliphatic heterocycles. The second-order valence-electron chi connectivity index (χ2n) is 22.2. The van der Waals surface area contributed by atoms with E-state index >= 15 is 0 Å². The summed E-state index contributed by atoms with van der Waals surface area (Å²) in [6, 6.07) is 118. The van der Waals surface area contributed by atoms with Gasteiger partial charge in [-0.1, -0.05) is 255 Å². The van der Waals surface area contributed by atoms with Gasteiger partial charge in [0.1, 0.15) is 0 Å². The third-order valence-corrected chi connectivity index (χ3v) is 28.1. The summed E-state index contributed by atoms with van der Waals surface area (Å²) in [5.74, 6) is 0. The van der Waals surface area contributed by atoms with Crippen LogP contribution < -0.4 is 67.7 Å². The largest absolute Gasteiger partial charge is 0.311 e. The van der Waals surface area contributed by atoms with Gasteiger partial charge in [0.05, 0.1) is 0 Å². The summed E-state index contributed by atoms with van der Waals surface area (Å²) in [6.07, 6.45) is 0. The van der Waals surface area contributed by atoms with Crippen LogP contribution in [0, 0.1) is 0 Å². The predicted molar refractivity (Wildman–Crippen MR) is 349 cm³/mol. The highest BCUT2D eigenvalue weighted by molar-refractivity contribution is 7.23. The van der Waals surface area contributed by atoms with Crippen LogP contribution >= 0.6 is 0 Å². The maximum Gasteiger partial charge on any atom is 0.252 e. The number of hydrogen-bond acceptors (Lipinski definition) is 2. The molecule has 17 rings (SSSR count). The minimum atomic E-state index is -2.84. The van der Waals surface area contributed by atoms with Gasteiger partial charge in [0.2, 0.25) is 0 Å². The first-order valence-electron chi connectivity index (χ1n) is 28.4. The van der Waals surface area contributed by atoms with Gasteiger partial charge >= 0.3 is 0 Å². The molecule has 0 aliphatic carbocycles. The van der Waals surface area contributed by atoms with E-state index in [-0.39, 0.29) is 6.71 Å². The van der Waals surface area contributed by atoms with E-state index in [1.165, 1.54) is 125 Å². The summed E-state index contributed by atoms with van der Waals surface area (Å²) in [4.78, 5) is 5.25. The molecular formula is C76H51BN2Si2. The standard InChI is InChI=1S/C76H51BN2Si2/c1-5-25-58(26-6-1)80(59-27-7-2-8-28-59)72-39-21-15-33-62(72)64-45-43-56(50-74(64)80)78-68-37-19-17-35-66(68)77-67-36-18-20-38-69(67)79(71-49-55(48-70(78)76(71)77)54-42-41-52-23-13-14-24-53(52)47-54)57-44-46-65-63-34-16-22-40-73(63)81(75(65)51-57,60-29-9-3-10-30-60)61-31-11-4-12-32-61/h1-51H. The minimum absolute atomic E-state index is 0.0258. The highest BCUT2D eigenvalue weighted by atomic mass is 28.3. The van der Waals surface area contributed by atoms with E-state index in [1.54, 1.807) is 0 Å². The predicted octanol–water partition coefficient (Wildman–Crippen LogP) is 11.3. The van der Waals surface area contributed by atoms with Crippen LogP contribution in [0.4, 0.5) is 34.1 Å². The SMILES string of the molecule is c1ccc([Si]2(c3ccccc3)c3ccccc3-c3ccc(N4c5ccccc5B5c6ccccc6N(c6ccc7c(c6)[Si](c6ccccc6)(c6ccccc6)c6ccccc6-7)c6cc(-c7ccc8ccccc8c7)cc4c65)cc32)cc1. The average molecular weight is 1060 g/mol. The first kappa shape index (κ1) is 46.2. The van der Waals surface area contributed by atoms with Crippen LogP contribution in [0.25, 0.3) is 44.2 Å². The van der Waals surface area contributed by atoms with Crippen LogP contribution in [0.1, 0.15) is 0 Å². The van der Waals surface area contributed by atoms with Gasteiger partial charge in [-0.2, -0.15) is 0 Å². The van der Waals surface area contributed by atoms with Crippen molar-refractivity contribution in [2.75, 3.05) is 9.80 Å². The lowest BCUT2D eigenvalue weighted by atomic mass is 9.33. The van der Waals surface area contributed by atoms with E-state index in [0.29, 0.717) is 0 Å². The molecule has 13 aromatic carbocycles. The molecule has 0 unspecified atom stereocenters. The van der Waals surface area contributed by atoms with Crippen LogP contribution in [-0.4, -0.2) is 22.9 Å². The van der Waals surface area contributed by atoms with Crippen molar-refractivity contribution in [1.82, 2.24) is 0 Å². The van der Waals surface area contributed by atoms with Gasteiger partial charge in [-0.15, -0.1) is 0 Å². The summed E-state index contributed by atoms with van der Waals surface area (Å²) >= 11 is 0. The molecular weight excluding hydrogens is 1010 g/mol. The van der Waals surface area contributed by atoms with Crippen molar-refractivity contribution < 1.29 is 0 Å². The number of rotatable bonds is 7. The Kier molecular flexibility index (Phi) is 10.2. The van der Waals surface area contributed by atoms with Gasteiger partial charge in [-0.3, -0.25) is 0 Å². The Morgan fingerprint density at radius 2 is 0.630 bits per heavy atom. The molecule has 4 heterocycles. The molecule has 0 atom stereocenters. The van der Waals surface area contributed by atoms with Crippen molar-refractivity contribution in [1.29, 1.82) is 0 Å². The molecule has 376 valence electrons. The number of nitrogens with zero attached hydrogens (tertiary/aromatic N) is 2.